The van der Waals surface area contributed by atoms with Gasteiger partial charge in [0, 0.05) is 32.5 Å². The van der Waals surface area contributed by atoms with Crippen molar-refractivity contribution in [3.8, 4) is 0 Å². The molecule has 6 heteroatoms. The molecule has 3 heterocycles. The number of benzene rings is 1. The van der Waals surface area contributed by atoms with E-state index in [4.69, 9.17) is 0 Å². The fourth-order valence-corrected chi connectivity index (χ4v) is 3.39. The molecule has 1 saturated heterocycles. The number of nitrogens with zero attached hydrogens (tertiary/aromatic N) is 4. The third-order valence-corrected chi connectivity index (χ3v) is 4.79. The van der Waals surface area contributed by atoms with Gasteiger partial charge in [0.2, 0.25) is 5.95 Å². The Bertz CT molecular complexity index is 767. The van der Waals surface area contributed by atoms with Gasteiger partial charge in [-0.25, -0.2) is 9.97 Å². The first-order chi connectivity index (χ1) is 11.2. The predicted octanol–water partition coefficient (Wildman–Crippen LogP) is 2.25. The summed E-state index contributed by atoms with van der Waals surface area (Å²) in [6.45, 7) is 1.79. The Hall–Kier alpha value is -2.34. The average molecular weight is 311 g/mol. The van der Waals surface area contributed by atoms with Gasteiger partial charge in [-0.3, -0.25) is 0 Å². The van der Waals surface area contributed by atoms with Gasteiger partial charge < -0.3 is 19.6 Å². The highest BCUT2D eigenvalue weighted by atomic mass is 16.3. The summed E-state index contributed by atoms with van der Waals surface area (Å²) in [7, 11) is 1.93. The van der Waals surface area contributed by atoms with E-state index < -0.39 is 6.10 Å². The molecule has 1 aliphatic rings. The molecule has 4 rings (SSSR count). The minimum Gasteiger partial charge on any atom is -0.385 e. The highest BCUT2D eigenvalue weighted by Crippen LogP contribution is 2.31. The van der Waals surface area contributed by atoms with Crippen molar-refractivity contribution in [1.29, 1.82) is 0 Å². The summed E-state index contributed by atoms with van der Waals surface area (Å²) in [4.78, 5) is 14.6. The number of para-hydroxylation sites is 2. The maximum absolute atomic E-state index is 10.6. The van der Waals surface area contributed by atoms with Crippen molar-refractivity contribution in [2.75, 3.05) is 18.0 Å². The van der Waals surface area contributed by atoms with Gasteiger partial charge in [-0.15, -0.1) is 0 Å². The highest BCUT2D eigenvalue weighted by Gasteiger charge is 2.29. The van der Waals surface area contributed by atoms with E-state index in [-0.39, 0.29) is 5.92 Å². The number of imidazole rings is 2. The number of aromatic amines is 1. The van der Waals surface area contributed by atoms with Crippen molar-refractivity contribution in [3.05, 3.63) is 42.5 Å². The minimum atomic E-state index is -0.493. The lowest BCUT2D eigenvalue weighted by molar-refractivity contribution is 0.0823. The first-order valence-corrected chi connectivity index (χ1v) is 8.07. The van der Waals surface area contributed by atoms with Crippen molar-refractivity contribution in [3.63, 3.8) is 0 Å². The van der Waals surface area contributed by atoms with Crippen LogP contribution in [0.4, 0.5) is 5.95 Å². The quantitative estimate of drug-likeness (QED) is 0.778. The summed E-state index contributed by atoms with van der Waals surface area (Å²) >= 11 is 0. The Morgan fingerprint density at radius 1 is 1.26 bits per heavy atom. The van der Waals surface area contributed by atoms with E-state index in [1.54, 1.807) is 6.20 Å². The van der Waals surface area contributed by atoms with E-state index in [1.807, 2.05) is 42.1 Å². The van der Waals surface area contributed by atoms with Crippen LogP contribution < -0.4 is 4.90 Å². The molecular formula is C17H21N5O. The Labute approximate surface area is 134 Å². The van der Waals surface area contributed by atoms with Crippen LogP contribution in [0.5, 0.6) is 0 Å². The molecule has 23 heavy (non-hydrogen) atoms. The SMILES string of the molecule is Cn1ccnc1C(O)C1CCN(c2nc3ccccc3[nH]2)CC1. The fraction of sp³-hybridized carbons (Fsp3) is 0.412. The standard InChI is InChI=1S/C17H21N5O/c1-21-11-8-18-16(21)15(23)12-6-9-22(10-7-12)17-19-13-4-2-3-5-14(13)20-17/h2-5,8,11-12,15,23H,6-7,9-10H2,1H3,(H,19,20). The van der Waals surface area contributed by atoms with E-state index in [2.05, 4.69) is 19.9 Å². The molecule has 2 N–H and O–H groups in total. The van der Waals surface area contributed by atoms with E-state index in [1.165, 1.54) is 0 Å². The second-order valence-electron chi connectivity index (χ2n) is 6.24. The Morgan fingerprint density at radius 2 is 2.04 bits per heavy atom. The summed E-state index contributed by atoms with van der Waals surface area (Å²) in [6.07, 6.45) is 4.99. The van der Waals surface area contributed by atoms with Crippen LogP contribution in [0.3, 0.4) is 0 Å². The number of aryl methyl sites for hydroxylation is 1. The van der Waals surface area contributed by atoms with Gasteiger partial charge in [0.25, 0.3) is 0 Å². The molecule has 1 unspecified atom stereocenters. The number of aliphatic hydroxyl groups excluding tert-OH is 1. The highest BCUT2D eigenvalue weighted by molar-refractivity contribution is 5.77. The first kappa shape index (κ1) is 14.3. The molecule has 1 fully saturated rings. The summed E-state index contributed by atoms with van der Waals surface area (Å²) in [5.41, 5.74) is 2.07. The van der Waals surface area contributed by atoms with Crippen molar-refractivity contribution in [2.45, 2.75) is 18.9 Å². The molecule has 6 nitrogen and oxygen atoms in total. The molecule has 0 radical (unpaired) electrons. The molecular weight excluding hydrogens is 290 g/mol. The predicted molar refractivity (Wildman–Crippen MR) is 89.2 cm³/mol. The number of rotatable bonds is 3. The van der Waals surface area contributed by atoms with Gasteiger partial charge in [0.05, 0.1) is 11.0 Å². The van der Waals surface area contributed by atoms with Gasteiger partial charge in [-0.2, -0.15) is 0 Å². The zero-order valence-corrected chi connectivity index (χ0v) is 13.2. The number of hydrogen-bond donors (Lipinski definition) is 2. The molecule has 0 bridgehead atoms. The van der Waals surface area contributed by atoms with Crippen LogP contribution in [-0.2, 0) is 7.05 Å². The van der Waals surface area contributed by atoms with Gasteiger partial charge in [-0.1, -0.05) is 12.1 Å². The van der Waals surface area contributed by atoms with Crippen LogP contribution in [0.2, 0.25) is 0 Å². The molecule has 2 aromatic heterocycles. The number of nitrogens with one attached hydrogen (secondary N) is 1. The van der Waals surface area contributed by atoms with Crippen molar-refractivity contribution < 1.29 is 5.11 Å². The lowest BCUT2D eigenvalue weighted by Crippen LogP contribution is -2.36. The lowest BCUT2D eigenvalue weighted by atomic mass is 9.91. The second-order valence-corrected chi connectivity index (χ2v) is 6.24. The van der Waals surface area contributed by atoms with E-state index >= 15 is 0 Å². The first-order valence-electron chi connectivity index (χ1n) is 8.07. The summed E-state index contributed by atoms with van der Waals surface area (Å²) in [5, 5.41) is 10.6. The van der Waals surface area contributed by atoms with Crippen LogP contribution in [0, 0.1) is 5.92 Å². The molecule has 1 aromatic carbocycles. The molecule has 1 aliphatic heterocycles. The summed E-state index contributed by atoms with van der Waals surface area (Å²) in [5.74, 6) is 1.93. The number of aliphatic hydroxyl groups is 1. The van der Waals surface area contributed by atoms with Crippen LogP contribution in [0.1, 0.15) is 24.8 Å². The maximum atomic E-state index is 10.6. The number of anilines is 1. The minimum absolute atomic E-state index is 0.247. The Morgan fingerprint density at radius 3 is 2.74 bits per heavy atom. The zero-order valence-electron chi connectivity index (χ0n) is 13.2. The van der Waals surface area contributed by atoms with Gasteiger partial charge in [0.1, 0.15) is 11.9 Å². The largest absolute Gasteiger partial charge is 0.385 e. The molecule has 3 aromatic rings. The second kappa shape index (κ2) is 5.70. The van der Waals surface area contributed by atoms with Crippen molar-refractivity contribution in [1.82, 2.24) is 19.5 Å². The normalized spacial score (nSPS) is 17.7. The molecule has 1 atom stereocenters. The van der Waals surface area contributed by atoms with E-state index in [0.29, 0.717) is 0 Å². The van der Waals surface area contributed by atoms with Crippen LogP contribution in [0.25, 0.3) is 11.0 Å². The number of fused-ring (bicyclic) bond motifs is 1. The van der Waals surface area contributed by atoms with Crippen LogP contribution in [0.15, 0.2) is 36.7 Å². The molecule has 120 valence electrons. The average Bonchev–Trinajstić information content (AvgIpc) is 3.20. The maximum Gasteiger partial charge on any atom is 0.203 e. The lowest BCUT2D eigenvalue weighted by Gasteiger charge is -2.33. The topological polar surface area (TPSA) is 70.0 Å². The molecule has 0 saturated carbocycles. The summed E-state index contributed by atoms with van der Waals surface area (Å²) in [6, 6.07) is 8.08. The third-order valence-electron chi connectivity index (χ3n) is 4.79. The Balaban J connectivity index is 1.45. The Kier molecular flexibility index (Phi) is 3.53. The smallest absolute Gasteiger partial charge is 0.203 e. The summed E-state index contributed by atoms with van der Waals surface area (Å²) < 4.78 is 1.90. The zero-order chi connectivity index (χ0) is 15.8. The monoisotopic (exact) mass is 311 g/mol. The fourth-order valence-electron chi connectivity index (χ4n) is 3.39. The van der Waals surface area contributed by atoms with Crippen molar-refractivity contribution >= 4 is 17.0 Å². The third kappa shape index (κ3) is 2.59. The van der Waals surface area contributed by atoms with Crippen LogP contribution in [-0.4, -0.2) is 37.7 Å². The van der Waals surface area contributed by atoms with Gasteiger partial charge in [-0.05, 0) is 30.9 Å². The molecule has 0 amide bonds. The van der Waals surface area contributed by atoms with Gasteiger partial charge in [0.15, 0.2) is 0 Å². The van der Waals surface area contributed by atoms with E-state index in [9.17, 15) is 5.11 Å². The van der Waals surface area contributed by atoms with Gasteiger partial charge >= 0.3 is 0 Å². The number of piperidine rings is 1. The van der Waals surface area contributed by atoms with E-state index in [0.717, 1.165) is 48.7 Å². The number of aromatic nitrogens is 4. The number of H-pyrrole nitrogens is 1. The van der Waals surface area contributed by atoms with Crippen LogP contribution >= 0.6 is 0 Å². The molecule has 0 aliphatic carbocycles. The number of hydrogen-bond acceptors (Lipinski definition) is 4. The van der Waals surface area contributed by atoms with Crippen molar-refractivity contribution in [2.24, 2.45) is 13.0 Å². The molecule has 0 spiro atoms.